The second kappa shape index (κ2) is 7.80. The first-order valence-electron chi connectivity index (χ1n) is 9.38. The Bertz CT molecular complexity index is 950. The third-order valence-electron chi connectivity index (χ3n) is 5.23. The van der Waals surface area contributed by atoms with E-state index in [4.69, 9.17) is 4.74 Å². The molecule has 2 heterocycles. The number of nitrogens with zero attached hydrogens (tertiary/aromatic N) is 3. The molecule has 28 heavy (non-hydrogen) atoms. The predicted octanol–water partition coefficient (Wildman–Crippen LogP) is 3.10. The van der Waals surface area contributed by atoms with E-state index in [1.54, 1.807) is 13.4 Å². The number of hydrogen-bond donors (Lipinski definition) is 2. The maximum absolute atomic E-state index is 11.3. The maximum Gasteiger partial charge on any atom is 0.316 e. The lowest BCUT2D eigenvalue weighted by molar-refractivity contribution is -0.114. The number of anilines is 1. The molecule has 0 saturated heterocycles. The molecule has 0 saturated carbocycles. The maximum atomic E-state index is 11.3. The standard InChI is InChI=1S/C21H23N5O2/c1-13(27)26-17-6-3-15(4-7-17)19-16(5-8-18-20(19)25-12-24-18)9-14-10-22-21(28-2)23-11-14/h3-4,6-7,10-12,16,19H,5,8-9H2,1-2H3,(H,24,25)(H,26,27)/t16?,19-/m1/s1. The SMILES string of the molecule is COc1ncc(CC2CCc3[nH]cnc3[C@@H]2c2ccc(NC(C)=O)cc2)cn1. The molecule has 2 N–H and O–H groups in total. The quantitative estimate of drug-likeness (QED) is 0.713. The molecule has 1 aliphatic rings. The van der Waals surface area contributed by atoms with Gasteiger partial charge in [0.1, 0.15) is 0 Å². The van der Waals surface area contributed by atoms with Crippen molar-refractivity contribution in [3.8, 4) is 6.01 Å². The Balaban J connectivity index is 1.62. The third-order valence-corrected chi connectivity index (χ3v) is 5.23. The summed E-state index contributed by atoms with van der Waals surface area (Å²) in [6.45, 7) is 1.51. The molecular weight excluding hydrogens is 354 g/mol. The van der Waals surface area contributed by atoms with Gasteiger partial charge in [0, 0.05) is 36.6 Å². The predicted molar refractivity (Wildman–Crippen MR) is 105 cm³/mol. The Kier molecular flexibility index (Phi) is 5.06. The molecule has 3 aromatic rings. The lowest BCUT2D eigenvalue weighted by atomic mass is 9.73. The van der Waals surface area contributed by atoms with Gasteiger partial charge in [-0.05, 0) is 48.4 Å². The molecule has 2 aromatic heterocycles. The van der Waals surface area contributed by atoms with Crippen LogP contribution in [0.1, 0.15) is 41.8 Å². The molecule has 7 heteroatoms. The van der Waals surface area contributed by atoms with Crippen molar-refractivity contribution in [2.24, 2.45) is 5.92 Å². The van der Waals surface area contributed by atoms with Crippen LogP contribution in [-0.2, 0) is 17.6 Å². The number of hydrogen-bond acceptors (Lipinski definition) is 5. The van der Waals surface area contributed by atoms with E-state index >= 15 is 0 Å². The fourth-order valence-corrected chi connectivity index (χ4v) is 4.00. The van der Waals surface area contributed by atoms with Crippen molar-refractivity contribution in [2.45, 2.75) is 32.1 Å². The summed E-state index contributed by atoms with van der Waals surface area (Å²) in [6.07, 6.45) is 8.36. The molecule has 144 valence electrons. The molecular formula is C21H23N5O2. The first-order valence-corrected chi connectivity index (χ1v) is 9.38. The fourth-order valence-electron chi connectivity index (χ4n) is 4.00. The third kappa shape index (κ3) is 3.74. The Morgan fingerprint density at radius 1 is 1.21 bits per heavy atom. The molecule has 0 bridgehead atoms. The number of aromatic amines is 1. The Morgan fingerprint density at radius 3 is 2.64 bits per heavy atom. The fraction of sp³-hybridized carbons (Fsp3) is 0.333. The van der Waals surface area contributed by atoms with E-state index in [1.165, 1.54) is 18.2 Å². The van der Waals surface area contributed by atoms with Gasteiger partial charge in [-0.15, -0.1) is 0 Å². The van der Waals surface area contributed by atoms with Crippen LogP contribution >= 0.6 is 0 Å². The lowest BCUT2D eigenvalue weighted by Crippen LogP contribution is -2.24. The Labute approximate surface area is 163 Å². The molecule has 0 aliphatic heterocycles. The highest BCUT2D eigenvalue weighted by atomic mass is 16.5. The lowest BCUT2D eigenvalue weighted by Gasteiger charge is -2.31. The normalized spacial score (nSPS) is 18.4. The number of benzene rings is 1. The Morgan fingerprint density at radius 2 is 1.96 bits per heavy atom. The van der Waals surface area contributed by atoms with Crippen molar-refractivity contribution in [2.75, 3.05) is 12.4 Å². The summed E-state index contributed by atoms with van der Waals surface area (Å²) in [7, 11) is 1.57. The van der Waals surface area contributed by atoms with Gasteiger partial charge in [0.05, 0.1) is 19.1 Å². The van der Waals surface area contributed by atoms with Crippen molar-refractivity contribution < 1.29 is 9.53 Å². The monoisotopic (exact) mass is 377 g/mol. The number of ether oxygens (including phenoxy) is 1. The average molecular weight is 377 g/mol. The molecule has 1 aromatic carbocycles. The van der Waals surface area contributed by atoms with Gasteiger partial charge in [0.2, 0.25) is 5.91 Å². The van der Waals surface area contributed by atoms with Crippen LogP contribution in [0, 0.1) is 5.92 Å². The van der Waals surface area contributed by atoms with Gasteiger partial charge in [0.25, 0.3) is 0 Å². The summed E-state index contributed by atoms with van der Waals surface area (Å²) < 4.78 is 5.06. The molecule has 4 rings (SSSR count). The van der Waals surface area contributed by atoms with Crippen LogP contribution in [0.25, 0.3) is 0 Å². The van der Waals surface area contributed by atoms with Crippen LogP contribution < -0.4 is 10.1 Å². The van der Waals surface area contributed by atoms with Crippen LogP contribution in [0.4, 0.5) is 5.69 Å². The van der Waals surface area contributed by atoms with Gasteiger partial charge in [0.15, 0.2) is 0 Å². The first kappa shape index (κ1) is 18.2. The van der Waals surface area contributed by atoms with Crippen molar-refractivity contribution >= 4 is 11.6 Å². The number of imidazole rings is 1. The van der Waals surface area contributed by atoms with Crippen molar-refractivity contribution in [1.29, 1.82) is 0 Å². The second-order valence-corrected chi connectivity index (χ2v) is 7.13. The van der Waals surface area contributed by atoms with E-state index in [9.17, 15) is 4.79 Å². The van der Waals surface area contributed by atoms with Crippen LogP contribution in [0.3, 0.4) is 0 Å². The molecule has 1 aliphatic carbocycles. The summed E-state index contributed by atoms with van der Waals surface area (Å²) in [6, 6.07) is 8.44. The minimum absolute atomic E-state index is 0.0719. The number of fused-ring (bicyclic) bond motifs is 1. The van der Waals surface area contributed by atoms with E-state index in [0.29, 0.717) is 11.9 Å². The van der Waals surface area contributed by atoms with Crippen LogP contribution in [0.5, 0.6) is 6.01 Å². The molecule has 1 amide bonds. The summed E-state index contributed by atoms with van der Waals surface area (Å²) >= 11 is 0. The van der Waals surface area contributed by atoms with Gasteiger partial charge in [-0.3, -0.25) is 4.79 Å². The minimum Gasteiger partial charge on any atom is -0.467 e. The second-order valence-electron chi connectivity index (χ2n) is 7.13. The number of rotatable bonds is 5. The number of amides is 1. The van der Waals surface area contributed by atoms with Crippen LogP contribution in [0.2, 0.25) is 0 Å². The largest absolute Gasteiger partial charge is 0.467 e. The number of aryl methyl sites for hydroxylation is 1. The molecule has 7 nitrogen and oxygen atoms in total. The molecule has 1 unspecified atom stereocenters. The van der Waals surface area contributed by atoms with Crippen LogP contribution in [-0.4, -0.2) is 33.0 Å². The van der Waals surface area contributed by atoms with E-state index in [2.05, 4.69) is 37.4 Å². The molecule has 2 atom stereocenters. The average Bonchev–Trinajstić information content (AvgIpc) is 3.17. The van der Waals surface area contributed by atoms with Crippen molar-refractivity contribution in [1.82, 2.24) is 19.9 Å². The highest BCUT2D eigenvalue weighted by Gasteiger charge is 2.33. The van der Waals surface area contributed by atoms with E-state index in [0.717, 1.165) is 36.2 Å². The molecule has 0 spiro atoms. The number of nitrogens with one attached hydrogen (secondary N) is 2. The van der Waals surface area contributed by atoms with Gasteiger partial charge in [-0.2, -0.15) is 0 Å². The number of H-pyrrole nitrogens is 1. The topological polar surface area (TPSA) is 92.8 Å². The zero-order chi connectivity index (χ0) is 19.5. The zero-order valence-corrected chi connectivity index (χ0v) is 16.0. The number of carbonyl (C=O) groups is 1. The van der Waals surface area contributed by atoms with E-state index in [1.807, 2.05) is 24.5 Å². The van der Waals surface area contributed by atoms with E-state index < -0.39 is 0 Å². The van der Waals surface area contributed by atoms with Crippen LogP contribution in [0.15, 0.2) is 43.0 Å². The number of methoxy groups -OCH3 is 1. The van der Waals surface area contributed by atoms with Gasteiger partial charge >= 0.3 is 6.01 Å². The van der Waals surface area contributed by atoms with Crippen molar-refractivity contribution in [3.63, 3.8) is 0 Å². The smallest absolute Gasteiger partial charge is 0.316 e. The summed E-state index contributed by atoms with van der Waals surface area (Å²) in [5.41, 5.74) is 5.40. The zero-order valence-electron chi connectivity index (χ0n) is 16.0. The molecule has 0 radical (unpaired) electrons. The summed E-state index contributed by atoms with van der Waals surface area (Å²) in [4.78, 5) is 27.7. The molecule has 0 fully saturated rings. The van der Waals surface area contributed by atoms with Gasteiger partial charge in [-0.1, -0.05) is 12.1 Å². The minimum atomic E-state index is -0.0719. The highest BCUT2D eigenvalue weighted by molar-refractivity contribution is 5.88. The van der Waals surface area contributed by atoms with Crippen molar-refractivity contribution in [3.05, 3.63) is 65.5 Å². The van der Waals surface area contributed by atoms with Gasteiger partial charge < -0.3 is 15.0 Å². The number of carbonyl (C=O) groups excluding carboxylic acids is 1. The summed E-state index contributed by atoms with van der Waals surface area (Å²) in [5.74, 6) is 0.500. The Hall–Kier alpha value is -3.22. The number of aromatic nitrogens is 4. The summed E-state index contributed by atoms with van der Waals surface area (Å²) in [5, 5.41) is 2.82. The van der Waals surface area contributed by atoms with E-state index in [-0.39, 0.29) is 11.8 Å². The first-order chi connectivity index (χ1) is 13.6. The van der Waals surface area contributed by atoms with Gasteiger partial charge in [-0.25, -0.2) is 15.0 Å². The highest BCUT2D eigenvalue weighted by Crippen LogP contribution is 2.41.